The van der Waals surface area contributed by atoms with Gasteiger partial charge in [-0.15, -0.1) is 0 Å². The van der Waals surface area contributed by atoms with Crippen molar-refractivity contribution < 1.29 is 9.53 Å². The fraction of sp³-hybridized carbons (Fsp3) is 0.304. The Morgan fingerprint density at radius 2 is 1.89 bits per heavy atom. The number of benzene rings is 2. The van der Waals surface area contributed by atoms with Crippen molar-refractivity contribution in [1.82, 2.24) is 9.88 Å². The summed E-state index contributed by atoms with van der Waals surface area (Å²) in [6, 6.07) is 19.5. The number of aromatic nitrogens is 1. The van der Waals surface area contributed by atoms with Crippen LogP contribution in [0.3, 0.4) is 0 Å². The molecule has 0 aliphatic carbocycles. The quantitative estimate of drug-likeness (QED) is 0.745. The third kappa shape index (κ3) is 3.72. The lowest BCUT2D eigenvalue weighted by molar-refractivity contribution is -0.139. The molecule has 0 bridgehead atoms. The molecule has 2 heterocycles. The Bertz CT molecular complexity index is 975. The summed E-state index contributed by atoms with van der Waals surface area (Å²) in [5.41, 5.74) is 3.00. The predicted octanol–water partition coefficient (Wildman–Crippen LogP) is 4.21. The van der Waals surface area contributed by atoms with Crippen molar-refractivity contribution in [3.05, 3.63) is 65.9 Å². The van der Waals surface area contributed by atoms with Crippen LogP contribution in [0.4, 0.5) is 0 Å². The van der Waals surface area contributed by atoms with Crippen LogP contribution >= 0.6 is 0 Å². The number of aromatic amines is 1. The van der Waals surface area contributed by atoms with Crippen molar-refractivity contribution in [3.8, 4) is 11.8 Å². The molecule has 0 saturated carbocycles. The van der Waals surface area contributed by atoms with Crippen LogP contribution in [0.2, 0.25) is 0 Å². The van der Waals surface area contributed by atoms with Gasteiger partial charge in [-0.3, -0.25) is 4.79 Å². The molecule has 142 valence electrons. The number of fused-ring (bicyclic) bond motifs is 1. The highest BCUT2D eigenvalue weighted by molar-refractivity contribution is 5.81. The molecule has 2 aromatic carbocycles. The van der Waals surface area contributed by atoms with Crippen molar-refractivity contribution >= 4 is 16.8 Å². The van der Waals surface area contributed by atoms with Crippen LogP contribution in [0.1, 0.15) is 36.9 Å². The van der Waals surface area contributed by atoms with Crippen molar-refractivity contribution in [2.75, 3.05) is 13.1 Å². The van der Waals surface area contributed by atoms with Gasteiger partial charge in [0.2, 0.25) is 0 Å². The first kappa shape index (κ1) is 18.1. The second-order valence-electron chi connectivity index (χ2n) is 7.31. The zero-order valence-corrected chi connectivity index (χ0v) is 15.9. The zero-order valence-electron chi connectivity index (χ0n) is 15.9. The smallest absolute Gasteiger partial charge is 0.263 e. The Morgan fingerprint density at radius 1 is 1.18 bits per heavy atom. The van der Waals surface area contributed by atoms with E-state index in [0.29, 0.717) is 17.2 Å². The van der Waals surface area contributed by atoms with Crippen LogP contribution in [-0.4, -0.2) is 35.0 Å². The number of piperidine rings is 1. The third-order valence-corrected chi connectivity index (χ3v) is 5.44. The first-order chi connectivity index (χ1) is 13.6. The van der Waals surface area contributed by atoms with Gasteiger partial charge in [-0.1, -0.05) is 18.2 Å². The molecule has 3 aromatic rings. The number of nitriles is 1. The van der Waals surface area contributed by atoms with Gasteiger partial charge < -0.3 is 14.6 Å². The summed E-state index contributed by atoms with van der Waals surface area (Å²) < 4.78 is 5.77. The van der Waals surface area contributed by atoms with Crippen molar-refractivity contribution in [2.45, 2.75) is 31.8 Å². The molecule has 1 amide bonds. The van der Waals surface area contributed by atoms with Crippen LogP contribution in [0.15, 0.2) is 54.6 Å². The number of carbonyl (C=O) groups is 1. The van der Waals surface area contributed by atoms with Gasteiger partial charge in [0, 0.05) is 30.2 Å². The Kier molecular flexibility index (Phi) is 5.03. The van der Waals surface area contributed by atoms with Crippen LogP contribution in [0, 0.1) is 11.3 Å². The van der Waals surface area contributed by atoms with E-state index in [0.717, 1.165) is 25.9 Å². The van der Waals surface area contributed by atoms with Crippen molar-refractivity contribution in [2.24, 2.45) is 0 Å². The molecule has 1 aliphatic heterocycles. The number of nitrogens with one attached hydrogen (secondary N) is 1. The Hall–Kier alpha value is -3.26. The SMILES string of the molecule is CC(Oc1ccc(C#N)cc1)C(=O)N1CCC(c2cc3ccccc3[nH]2)CC1. The van der Waals surface area contributed by atoms with Crippen molar-refractivity contribution in [1.29, 1.82) is 5.26 Å². The summed E-state index contributed by atoms with van der Waals surface area (Å²) in [4.78, 5) is 18.2. The van der Waals surface area contributed by atoms with E-state index in [-0.39, 0.29) is 5.91 Å². The summed E-state index contributed by atoms with van der Waals surface area (Å²) in [7, 11) is 0. The summed E-state index contributed by atoms with van der Waals surface area (Å²) in [5, 5.41) is 10.1. The number of ether oxygens (including phenoxy) is 1. The number of rotatable bonds is 4. The van der Waals surface area contributed by atoms with Crippen LogP contribution in [0.5, 0.6) is 5.75 Å². The molecule has 4 rings (SSSR count). The lowest BCUT2D eigenvalue weighted by atomic mass is 9.93. The lowest BCUT2D eigenvalue weighted by Crippen LogP contribution is -2.44. The summed E-state index contributed by atoms with van der Waals surface area (Å²) >= 11 is 0. The Labute approximate surface area is 164 Å². The highest BCUT2D eigenvalue weighted by Crippen LogP contribution is 2.30. The molecule has 5 nitrogen and oxygen atoms in total. The molecule has 28 heavy (non-hydrogen) atoms. The van der Waals surface area contributed by atoms with E-state index in [9.17, 15) is 4.79 Å². The number of para-hydroxylation sites is 1. The van der Waals surface area contributed by atoms with Crippen LogP contribution in [-0.2, 0) is 4.79 Å². The monoisotopic (exact) mass is 373 g/mol. The molecule has 1 fully saturated rings. The maximum atomic E-state index is 12.8. The summed E-state index contributed by atoms with van der Waals surface area (Å²) in [5.74, 6) is 1.07. The van der Waals surface area contributed by atoms with Gasteiger partial charge in [0.05, 0.1) is 11.6 Å². The fourth-order valence-electron chi connectivity index (χ4n) is 3.85. The van der Waals surface area contributed by atoms with Gasteiger partial charge in [-0.05, 0) is 61.5 Å². The maximum Gasteiger partial charge on any atom is 0.263 e. The lowest BCUT2D eigenvalue weighted by Gasteiger charge is -2.33. The third-order valence-electron chi connectivity index (χ3n) is 5.44. The number of likely N-dealkylation sites (tertiary alicyclic amines) is 1. The number of hydrogen-bond acceptors (Lipinski definition) is 3. The molecule has 1 N–H and O–H groups in total. The second-order valence-corrected chi connectivity index (χ2v) is 7.31. The zero-order chi connectivity index (χ0) is 19.5. The fourth-order valence-corrected chi connectivity index (χ4v) is 3.85. The van der Waals surface area contributed by atoms with Crippen molar-refractivity contribution in [3.63, 3.8) is 0 Å². The van der Waals surface area contributed by atoms with Gasteiger partial charge in [-0.2, -0.15) is 5.26 Å². The number of carbonyl (C=O) groups excluding carboxylic acids is 1. The minimum atomic E-state index is -0.544. The normalized spacial score (nSPS) is 15.9. The number of amides is 1. The van der Waals surface area contributed by atoms with Crippen LogP contribution < -0.4 is 4.74 Å². The highest BCUT2D eigenvalue weighted by Gasteiger charge is 2.28. The average molecular weight is 373 g/mol. The van der Waals surface area contributed by atoms with E-state index >= 15 is 0 Å². The molecule has 1 atom stereocenters. The van der Waals surface area contributed by atoms with Gasteiger partial charge >= 0.3 is 0 Å². The molecule has 1 aromatic heterocycles. The first-order valence-electron chi connectivity index (χ1n) is 9.67. The van der Waals surface area contributed by atoms with E-state index in [2.05, 4.69) is 35.3 Å². The van der Waals surface area contributed by atoms with E-state index < -0.39 is 6.10 Å². The summed E-state index contributed by atoms with van der Waals surface area (Å²) in [6.07, 6.45) is 1.35. The molecule has 5 heteroatoms. The summed E-state index contributed by atoms with van der Waals surface area (Å²) in [6.45, 7) is 3.25. The predicted molar refractivity (Wildman–Crippen MR) is 108 cm³/mol. The minimum absolute atomic E-state index is 0.0134. The number of H-pyrrole nitrogens is 1. The molecular weight excluding hydrogens is 350 g/mol. The van der Waals surface area contributed by atoms with Gasteiger partial charge in [0.25, 0.3) is 5.91 Å². The van der Waals surface area contributed by atoms with E-state index in [1.165, 1.54) is 16.6 Å². The van der Waals surface area contributed by atoms with Gasteiger partial charge in [0.1, 0.15) is 5.75 Å². The maximum absolute atomic E-state index is 12.8. The Balaban J connectivity index is 1.34. The average Bonchev–Trinajstić information content (AvgIpc) is 3.18. The second kappa shape index (κ2) is 7.77. The number of hydrogen-bond donors (Lipinski definition) is 1. The van der Waals surface area contributed by atoms with Gasteiger partial charge in [0.15, 0.2) is 6.10 Å². The molecule has 1 unspecified atom stereocenters. The molecule has 0 radical (unpaired) electrons. The molecule has 1 aliphatic rings. The number of nitrogens with zero attached hydrogens (tertiary/aromatic N) is 2. The minimum Gasteiger partial charge on any atom is -0.481 e. The molecular formula is C23H23N3O2. The molecule has 0 spiro atoms. The van der Waals surface area contributed by atoms with Gasteiger partial charge in [-0.25, -0.2) is 0 Å². The highest BCUT2D eigenvalue weighted by atomic mass is 16.5. The Morgan fingerprint density at radius 3 is 2.57 bits per heavy atom. The van der Waals surface area contributed by atoms with Crippen LogP contribution in [0.25, 0.3) is 10.9 Å². The topological polar surface area (TPSA) is 69.1 Å². The van der Waals surface area contributed by atoms with E-state index in [1.807, 2.05) is 11.0 Å². The van der Waals surface area contributed by atoms with E-state index in [1.54, 1.807) is 31.2 Å². The largest absolute Gasteiger partial charge is 0.481 e. The first-order valence-corrected chi connectivity index (χ1v) is 9.67. The standard InChI is InChI=1S/C23H23N3O2/c1-16(28-20-8-6-17(15-24)7-9-20)23(27)26-12-10-18(11-13-26)22-14-19-4-2-3-5-21(19)25-22/h2-9,14,16,18,25H,10-13H2,1H3. The molecule has 1 saturated heterocycles. The van der Waals surface area contributed by atoms with E-state index in [4.69, 9.17) is 10.00 Å².